The van der Waals surface area contributed by atoms with Crippen molar-refractivity contribution >= 4 is 34.9 Å². The Balaban J connectivity index is 1.39. The van der Waals surface area contributed by atoms with Crippen molar-refractivity contribution in [3.8, 4) is 11.1 Å². The van der Waals surface area contributed by atoms with Gasteiger partial charge in [-0.15, -0.1) is 0 Å². The standard InChI is InChI=1S/C20H17Cl2N3O/c21-16-8-7-15(10-17(16)22)13-3-1-12(2-4-13)9-20(26)23-19-11-18(24-25-19)14-5-6-14/h1-4,7-8,10-11,14H,5-6,9H2,(H2,23,24,25,26). The van der Waals surface area contributed by atoms with Crippen LogP contribution in [0.4, 0.5) is 5.82 Å². The summed E-state index contributed by atoms with van der Waals surface area (Å²) in [6.07, 6.45) is 2.69. The van der Waals surface area contributed by atoms with Crippen LogP contribution < -0.4 is 5.32 Å². The van der Waals surface area contributed by atoms with Crippen LogP contribution in [0.3, 0.4) is 0 Å². The Morgan fingerprint density at radius 3 is 2.46 bits per heavy atom. The molecule has 0 atom stereocenters. The Hall–Kier alpha value is -2.30. The van der Waals surface area contributed by atoms with Gasteiger partial charge in [0.25, 0.3) is 0 Å². The first-order valence-electron chi connectivity index (χ1n) is 8.48. The van der Waals surface area contributed by atoms with Crippen molar-refractivity contribution in [1.82, 2.24) is 10.2 Å². The minimum atomic E-state index is -0.0823. The van der Waals surface area contributed by atoms with Gasteiger partial charge in [-0.3, -0.25) is 9.89 Å². The lowest BCUT2D eigenvalue weighted by Crippen LogP contribution is -2.14. The average molecular weight is 386 g/mol. The summed E-state index contributed by atoms with van der Waals surface area (Å²) < 4.78 is 0. The molecule has 0 aliphatic heterocycles. The number of aromatic nitrogens is 2. The maximum Gasteiger partial charge on any atom is 0.229 e. The van der Waals surface area contributed by atoms with Crippen LogP contribution >= 0.6 is 23.2 Å². The molecule has 1 saturated carbocycles. The second-order valence-electron chi connectivity index (χ2n) is 6.53. The highest BCUT2D eigenvalue weighted by Crippen LogP contribution is 2.39. The number of H-pyrrole nitrogens is 1. The van der Waals surface area contributed by atoms with E-state index in [9.17, 15) is 4.79 Å². The topological polar surface area (TPSA) is 57.8 Å². The van der Waals surface area contributed by atoms with Gasteiger partial charge in [0.05, 0.1) is 16.5 Å². The number of amides is 1. The van der Waals surface area contributed by atoms with Gasteiger partial charge in [-0.2, -0.15) is 5.10 Å². The number of carbonyl (C=O) groups is 1. The number of rotatable bonds is 5. The van der Waals surface area contributed by atoms with Crippen LogP contribution in [0.2, 0.25) is 10.0 Å². The highest BCUT2D eigenvalue weighted by Gasteiger charge is 2.25. The number of carbonyl (C=O) groups excluding carboxylic acids is 1. The Labute approximate surface area is 161 Å². The molecule has 1 aliphatic rings. The van der Waals surface area contributed by atoms with Crippen molar-refractivity contribution in [3.05, 3.63) is 69.8 Å². The molecule has 2 aromatic carbocycles. The maximum absolute atomic E-state index is 12.2. The van der Waals surface area contributed by atoms with Gasteiger partial charge in [0, 0.05) is 17.7 Å². The van der Waals surface area contributed by atoms with Gasteiger partial charge in [0.15, 0.2) is 5.82 Å². The smallest absolute Gasteiger partial charge is 0.229 e. The van der Waals surface area contributed by atoms with E-state index in [2.05, 4.69) is 15.5 Å². The zero-order valence-corrected chi connectivity index (χ0v) is 15.4. The predicted molar refractivity (Wildman–Crippen MR) is 105 cm³/mol. The van der Waals surface area contributed by atoms with Gasteiger partial charge in [-0.05, 0) is 41.7 Å². The van der Waals surface area contributed by atoms with E-state index in [0.29, 0.717) is 28.2 Å². The van der Waals surface area contributed by atoms with Gasteiger partial charge in [0.1, 0.15) is 0 Å². The molecule has 2 N–H and O–H groups in total. The fourth-order valence-electron chi connectivity index (χ4n) is 2.87. The molecule has 0 radical (unpaired) electrons. The molecule has 4 nitrogen and oxygen atoms in total. The van der Waals surface area contributed by atoms with E-state index < -0.39 is 0 Å². The monoisotopic (exact) mass is 385 g/mol. The molecule has 1 aliphatic carbocycles. The minimum Gasteiger partial charge on any atom is -0.309 e. The van der Waals surface area contributed by atoms with Crippen LogP contribution in [0.5, 0.6) is 0 Å². The molecule has 0 saturated heterocycles. The molecule has 1 amide bonds. The van der Waals surface area contributed by atoms with E-state index in [1.54, 1.807) is 6.07 Å². The average Bonchev–Trinajstić information content (AvgIpc) is 3.38. The number of aromatic amines is 1. The molecular weight excluding hydrogens is 369 g/mol. The number of nitrogens with one attached hydrogen (secondary N) is 2. The highest BCUT2D eigenvalue weighted by atomic mass is 35.5. The third-order valence-corrected chi connectivity index (χ3v) is 5.19. The first kappa shape index (κ1) is 17.1. The minimum absolute atomic E-state index is 0.0823. The van der Waals surface area contributed by atoms with Crippen molar-refractivity contribution in [2.75, 3.05) is 5.32 Å². The van der Waals surface area contributed by atoms with E-state index in [4.69, 9.17) is 23.2 Å². The summed E-state index contributed by atoms with van der Waals surface area (Å²) in [5.41, 5.74) is 4.05. The molecule has 26 heavy (non-hydrogen) atoms. The lowest BCUT2D eigenvalue weighted by Gasteiger charge is -2.06. The van der Waals surface area contributed by atoms with Crippen LogP contribution in [0, 0.1) is 0 Å². The molecule has 0 bridgehead atoms. The predicted octanol–water partition coefficient (Wildman–Crippen LogP) is 5.44. The summed E-state index contributed by atoms with van der Waals surface area (Å²) in [4.78, 5) is 12.2. The van der Waals surface area contributed by atoms with Gasteiger partial charge in [0.2, 0.25) is 5.91 Å². The van der Waals surface area contributed by atoms with Crippen LogP contribution in [0.15, 0.2) is 48.5 Å². The normalized spacial score (nSPS) is 13.6. The lowest BCUT2D eigenvalue weighted by molar-refractivity contribution is -0.115. The van der Waals surface area contributed by atoms with Crippen LogP contribution in [0.25, 0.3) is 11.1 Å². The van der Waals surface area contributed by atoms with Crippen LogP contribution in [-0.4, -0.2) is 16.1 Å². The summed E-state index contributed by atoms with van der Waals surface area (Å²) >= 11 is 12.0. The summed E-state index contributed by atoms with van der Waals surface area (Å²) in [5, 5.41) is 11.0. The first-order chi connectivity index (χ1) is 12.6. The maximum atomic E-state index is 12.2. The summed E-state index contributed by atoms with van der Waals surface area (Å²) in [7, 11) is 0. The second kappa shape index (κ2) is 7.14. The molecule has 132 valence electrons. The zero-order valence-electron chi connectivity index (χ0n) is 13.9. The number of hydrogen-bond acceptors (Lipinski definition) is 2. The Bertz CT molecular complexity index is 946. The molecule has 1 aromatic heterocycles. The molecular formula is C20H17Cl2N3O. The SMILES string of the molecule is O=C(Cc1ccc(-c2ccc(Cl)c(Cl)c2)cc1)Nc1cc(C2CC2)[nH]n1. The molecule has 1 heterocycles. The number of benzene rings is 2. The van der Waals surface area contributed by atoms with Crippen LogP contribution in [-0.2, 0) is 11.2 Å². The fourth-order valence-corrected chi connectivity index (χ4v) is 3.17. The van der Waals surface area contributed by atoms with E-state index >= 15 is 0 Å². The van der Waals surface area contributed by atoms with Crippen molar-refractivity contribution < 1.29 is 4.79 Å². The Morgan fingerprint density at radius 2 is 1.77 bits per heavy atom. The van der Waals surface area contributed by atoms with E-state index in [1.165, 1.54) is 12.8 Å². The van der Waals surface area contributed by atoms with Crippen molar-refractivity contribution in [1.29, 1.82) is 0 Å². The lowest BCUT2D eigenvalue weighted by atomic mass is 10.0. The summed E-state index contributed by atoms with van der Waals surface area (Å²) in [6, 6.07) is 15.3. The zero-order chi connectivity index (χ0) is 18.1. The molecule has 6 heteroatoms. The Kier molecular flexibility index (Phi) is 4.70. The number of hydrogen-bond donors (Lipinski definition) is 2. The number of nitrogens with zero attached hydrogens (tertiary/aromatic N) is 1. The highest BCUT2D eigenvalue weighted by molar-refractivity contribution is 6.42. The van der Waals surface area contributed by atoms with E-state index in [1.807, 2.05) is 42.5 Å². The van der Waals surface area contributed by atoms with E-state index in [-0.39, 0.29) is 5.91 Å². The van der Waals surface area contributed by atoms with Crippen LogP contribution in [0.1, 0.15) is 30.0 Å². The van der Waals surface area contributed by atoms with Crippen molar-refractivity contribution in [2.24, 2.45) is 0 Å². The van der Waals surface area contributed by atoms with Gasteiger partial charge >= 0.3 is 0 Å². The van der Waals surface area contributed by atoms with Crippen molar-refractivity contribution in [2.45, 2.75) is 25.2 Å². The molecule has 3 aromatic rings. The second-order valence-corrected chi connectivity index (χ2v) is 7.35. The molecule has 0 unspecified atom stereocenters. The molecule has 0 spiro atoms. The van der Waals surface area contributed by atoms with E-state index in [0.717, 1.165) is 22.4 Å². The van der Waals surface area contributed by atoms with Gasteiger partial charge < -0.3 is 5.32 Å². The molecule has 4 rings (SSSR count). The number of halogens is 2. The number of anilines is 1. The fraction of sp³-hybridized carbons (Fsp3) is 0.200. The quantitative estimate of drug-likeness (QED) is 0.613. The largest absolute Gasteiger partial charge is 0.309 e. The third-order valence-electron chi connectivity index (χ3n) is 4.45. The first-order valence-corrected chi connectivity index (χ1v) is 9.23. The third kappa shape index (κ3) is 3.92. The van der Waals surface area contributed by atoms with Gasteiger partial charge in [-0.1, -0.05) is 53.5 Å². The Morgan fingerprint density at radius 1 is 1.04 bits per heavy atom. The van der Waals surface area contributed by atoms with Crippen molar-refractivity contribution in [3.63, 3.8) is 0 Å². The summed E-state index contributed by atoms with van der Waals surface area (Å²) in [5.74, 6) is 1.09. The van der Waals surface area contributed by atoms with Gasteiger partial charge in [-0.25, -0.2) is 0 Å². The summed E-state index contributed by atoms with van der Waals surface area (Å²) in [6.45, 7) is 0. The molecule has 1 fully saturated rings.